The molecular weight excluding hydrogens is 496 g/mol. The fourth-order valence-electron chi connectivity index (χ4n) is 7.01. The monoisotopic (exact) mass is 557 g/mol. The Kier molecular flexibility index (Phi) is 12.6. The molecule has 2 aliphatic heterocycles. The second kappa shape index (κ2) is 15.4. The Labute approximate surface area is 255 Å². The highest BCUT2D eigenvalue weighted by molar-refractivity contribution is 5.73. The van der Waals surface area contributed by atoms with Crippen LogP contribution in [0.2, 0.25) is 0 Å². The van der Waals surface area contributed by atoms with Crippen LogP contribution < -0.4 is 0 Å². The molecule has 1 radical (unpaired) electrons. The highest BCUT2D eigenvalue weighted by Crippen LogP contribution is 2.46. The molecule has 1 aromatic carbocycles. The minimum atomic E-state index is 0. The quantitative estimate of drug-likeness (QED) is 0.243. The van der Waals surface area contributed by atoms with E-state index in [2.05, 4.69) is 107 Å². The van der Waals surface area contributed by atoms with Gasteiger partial charge in [0.15, 0.2) is 0 Å². The summed E-state index contributed by atoms with van der Waals surface area (Å²) in [5, 5.41) is 0. The molecule has 2 heterocycles. The van der Waals surface area contributed by atoms with E-state index in [1.807, 2.05) is 0 Å². The Morgan fingerprint density at radius 1 is 1.00 bits per heavy atom. The van der Waals surface area contributed by atoms with Gasteiger partial charge in [0.25, 0.3) is 0 Å². The van der Waals surface area contributed by atoms with Gasteiger partial charge in [0.2, 0.25) is 0 Å². The van der Waals surface area contributed by atoms with Crippen LogP contribution in [0.4, 0.5) is 0 Å². The molecular formula is C39H61N2. The van der Waals surface area contributed by atoms with Crippen molar-refractivity contribution >= 4 is 5.57 Å². The van der Waals surface area contributed by atoms with Crippen molar-refractivity contribution in [2.45, 2.75) is 123 Å². The number of fused-ring (bicyclic) bond motifs is 1. The van der Waals surface area contributed by atoms with Gasteiger partial charge in [0.05, 0.1) is 0 Å². The Balaban J connectivity index is 0.00000148. The van der Waals surface area contributed by atoms with E-state index in [4.69, 9.17) is 6.42 Å². The van der Waals surface area contributed by atoms with Crippen LogP contribution in [0.1, 0.15) is 124 Å². The van der Waals surface area contributed by atoms with Crippen molar-refractivity contribution in [3.63, 3.8) is 0 Å². The first kappa shape index (κ1) is 33.4. The van der Waals surface area contributed by atoms with Gasteiger partial charge >= 0.3 is 0 Å². The summed E-state index contributed by atoms with van der Waals surface area (Å²) in [5.41, 5.74) is 7.40. The van der Waals surface area contributed by atoms with E-state index < -0.39 is 0 Å². The van der Waals surface area contributed by atoms with Gasteiger partial charge in [-0.15, -0.1) is 12.3 Å². The van der Waals surface area contributed by atoms with E-state index in [0.29, 0.717) is 5.92 Å². The molecule has 1 atom stereocenters. The van der Waals surface area contributed by atoms with E-state index >= 15 is 0 Å². The zero-order valence-electron chi connectivity index (χ0n) is 28.7. The van der Waals surface area contributed by atoms with Crippen LogP contribution in [0, 0.1) is 18.3 Å². The molecule has 3 aliphatic rings. The number of hydrogen-bond acceptors (Lipinski definition) is 2. The van der Waals surface area contributed by atoms with Crippen molar-refractivity contribution in [3.8, 4) is 12.3 Å². The third-order valence-corrected chi connectivity index (χ3v) is 9.93. The van der Waals surface area contributed by atoms with Crippen LogP contribution in [0.5, 0.6) is 0 Å². The van der Waals surface area contributed by atoms with Crippen molar-refractivity contribution in [3.05, 3.63) is 65.3 Å². The number of rotatable bonds is 7. The second-order valence-electron chi connectivity index (χ2n) is 14.2. The lowest BCUT2D eigenvalue weighted by Gasteiger charge is -2.42. The van der Waals surface area contributed by atoms with Crippen LogP contribution in [0.25, 0.3) is 5.57 Å². The number of hydrogen-bond donors (Lipinski definition) is 0. The Hall–Kier alpha value is -2.08. The number of benzene rings is 1. The minimum absolute atomic E-state index is 0. The third-order valence-electron chi connectivity index (χ3n) is 9.93. The van der Waals surface area contributed by atoms with Crippen LogP contribution in [-0.4, -0.2) is 48.6 Å². The van der Waals surface area contributed by atoms with Gasteiger partial charge in [0.1, 0.15) is 0 Å². The molecule has 2 saturated heterocycles. The summed E-state index contributed by atoms with van der Waals surface area (Å²) < 4.78 is 0. The molecule has 2 fully saturated rings. The van der Waals surface area contributed by atoms with E-state index in [1.54, 1.807) is 0 Å². The van der Waals surface area contributed by atoms with Crippen molar-refractivity contribution in [2.24, 2.45) is 5.92 Å². The predicted molar refractivity (Wildman–Crippen MR) is 183 cm³/mol. The second-order valence-corrected chi connectivity index (χ2v) is 14.2. The molecule has 1 aliphatic carbocycles. The molecule has 4 rings (SSSR count). The fourth-order valence-corrected chi connectivity index (χ4v) is 7.01. The predicted octanol–water partition coefficient (Wildman–Crippen LogP) is 9.67. The normalized spacial score (nSPS) is 23.7. The van der Waals surface area contributed by atoms with Crippen LogP contribution >= 0.6 is 0 Å². The molecule has 0 aromatic heterocycles. The molecule has 0 bridgehead atoms. The summed E-state index contributed by atoms with van der Waals surface area (Å²) in [4.78, 5) is 5.35. The summed E-state index contributed by atoms with van der Waals surface area (Å²) in [6, 6.07) is 7.82. The zero-order valence-corrected chi connectivity index (χ0v) is 27.7. The summed E-state index contributed by atoms with van der Waals surface area (Å²) in [7, 11) is 0. The zero-order chi connectivity index (χ0) is 30.0. The van der Waals surface area contributed by atoms with E-state index in [-0.39, 0.29) is 12.3 Å². The average Bonchev–Trinajstić information content (AvgIpc) is 3.21. The summed E-state index contributed by atoms with van der Waals surface area (Å²) in [6.45, 7) is 26.6. The van der Waals surface area contributed by atoms with Gasteiger partial charge in [-0.3, -0.25) is 0 Å². The van der Waals surface area contributed by atoms with Gasteiger partial charge in [-0.25, -0.2) is 0 Å². The lowest BCUT2D eigenvalue weighted by atomic mass is 9.63. The summed E-state index contributed by atoms with van der Waals surface area (Å²) in [5.74, 6) is 3.49. The Morgan fingerprint density at radius 2 is 1.66 bits per heavy atom. The Bertz CT molecular complexity index is 1090. The fraction of sp³-hybridized carbons (Fsp3) is 0.641. The van der Waals surface area contributed by atoms with Gasteiger partial charge < -0.3 is 9.80 Å². The molecule has 0 N–H and O–H groups in total. The summed E-state index contributed by atoms with van der Waals surface area (Å²) >= 11 is 0. The molecule has 2 heteroatoms. The summed E-state index contributed by atoms with van der Waals surface area (Å²) in [6.07, 6.45) is 23.4. The molecule has 0 saturated carbocycles. The third kappa shape index (κ3) is 9.20. The average molecular weight is 558 g/mol. The number of terminal acetylenes is 1. The SMILES string of the molecule is C#CCCN1CCC(N2CCCC(/C(C)=C/C=C\C(=C)c3ccc4c(c3)C(C)(C)CCC4(C)C)CC2)CC1.CCC.[H]. The number of piperidine rings is 1. The maximum Gasteiger partial charge on any atom is 0.0214 e. The van der Waals surface area contributed by atoms with Gasteiger partial charge in [-0.2, -0.15) is 0 Å². The Morgan fingerprint density at radius 3 is 2.32 bits per heavy atom. The smallest absolute Gasteiger partial charge is 0.0214 e. The van der Waals surface area contributed by atoms with Gasteiger partial charge in [0, 0.05) is 20.4 Å². The molecule has 227 valence electrons. The van der Waals surface area contributed by atoms with E-state index in [0.717, 1.165) is 24.6 Å². The molecule has 41 heavy (non-hydrogen) atoms. The first-order valence-corrected chi connectivity index (χ1v) is 16.6. The number of likely N-dealkylation sites (tertiary alicyclic amines) is 2. The van der Waals surface area contributed by atoms with Crippen molar-refractivity contribution < 1.29 is 1.43 Å². The molecule has 2 nitrogen and oxygen atoms in total. The highest BCUT2D eigenvalue weighted by Gasteiger charge is 2.37. The topological polar surface area (TPSA) is 6.48 Å². The minimum Gasteiger partial charge on any atom is -0.302 e. The maximum atomic E-state index is 5.46. The van der Waals surface area contributed by atoms with Crippen molar-refractivity contribution in [1.29, 1.82) is 0 Å². The lowest BCUT2D eigenvalue weighted by molar-refractivity contribution is 0.112. The highest BCUT2D eigenvalue weighted by atomic mass is 15.2. The molecule has 0 amide bonds. The molecule has 0 spiro atoms. The van der Waals surface area contributed by atoms with E-state index in [9.17, 15) is 0 Å². The lowest BCUT2D eigenvalue weighted by Crippen LogP contribution is -2.45. The van der Waals surface area contributed by atoms with Crippen LogP contribution in [0.3, 0.4) is 0 Å². The molecule has 1 unspecified atom stereocenters. The van der Waals surface area contributed by atoms with Crippen LogP contribution in [-0.2, 0) is 10.8 Å². The first-order chi connectivity index (χ1) is 19.5. The first-order valence-electron chi connectivity index (χ1n) is 16.6. The van der Waals surface area contributed by atoms with Crippen molar-refractivity contribution in [1.82, 2.24) is 9.80 Å². The maximum absolute atomic E-state index is 5.46. The van der Waals surface area contributed by atoms with Crippen LogP contribution in [0.15, 0.2) is 48.6 Å². The standard InChI is InChI=1S/C36H52N2.C3H8.H/c1-8-9-22-37-24-18-32(19-25-37)38-23-11-14-30(17-26-38)28(2)12-10-13-29(3)31-15-16-33-34(27-31)36(6,7)21-20-35(33,4)5;1-3-2;/h1,10,12-13,15-16,27,30,32H,3,9,11,14,17-26H2,2,4-7H3;3H2,1-2H3;/b13-10-,28-12+;;. The largest absolute Gasteiger partial charge is 0.302 e. The molecule has 1 aromatic rings. The number of nitrogens with zero attached hydrogens (tertiary/aromatic N) is 2. The van der Waals surface area contributed by atoms with Crippen molar-refractivity contribution in [2.75, 3.05) is 32.7 Å². The van der Waals surface area contributed by atoms with Gasteiger partial charge in [-0.05, 0) is 117 Å². The van der Waals surface area contributed by atoms with E-state index in [1.165, 1.54) is 99.8 Å². The number of allylic oxidation sites excluding steroid dienone is 5. The van der Waals surface area contributed by atoms with Gasteiger partial charge in [-0.1, -0.05) is 96.5 Å².